The minimum absolute atomic E-state index is 0.0918. The SMILES string of the molecule is CCOC(=O)C(CC)n1cnc2c(nnn2-c2ccc(OCC)cc2)c1=O. The fourth-order valence-electron chi connectivity index (χ4n) is 2.78. The van der Waals surface area contributed by atoms with Gasteiger partial charge in [-0.1, -0.05) is 12.1 Å². The molecule has 1 unspecified atom stereocenters. The fraction of sp³-hybridized carbons (Fsp3) is 0.389. The monoisotopic (exact) mass is 371 g/mol. The topological polar surface area (TPSA) is 101 Å². The summed E-state index contributed by atoms with van der Waals surface area (Å²) in [5, 5.41) is 8.01. The molecule has 1 aromatic carbocycles. The highest BCUT2D eigenvalue weighted by Crippen LogP contribution is 2.18. The summed E-state index contributed by atoms with van der Waals surface area (Å²) in [5.41, 5.74) is 0.674. The molecular weight excluding hydrogens is 350 g/mol. The van der Waals surface area contributed by atoms with E-state index in [4.69, 9.17) is 9.47 Å². The molecule has 0 aliphatic carbocycles. The summed E-state index contributed by atoms with van der Waals surface area (Å²) in [7, 11) is 0. The first kappa shape index (κ1) is 18.6. The molecule has 0 saturated heterocycles. The van der Waals surface area contributed by atoms with Crippen molar-refractivity contribution in [3.05, 3.63) is 40.9 Å². The third-order valence-corrected chi connectivity index (χ3v) is 4.06. The normalized spacial score (nSPS) is 12.1. The van der Waals surface area contributed by atoms with E-state index in [2.05, 4.69) is 15.3 Å². The molecule has 1 atom stereocenters. The number of hydrogen-bond donors (Lipinski definition) is 0. The Labute approximate surface area is 155 Å². The molecule has 3 aromatic rings. The zero-order chi connectivity index (χ0) is 19.4. The lowest BCUT2D eigenvalue weighted by Gasteiger charge is -2.15. The maximum atomic E-state index is 12.8. The number of fused-ring (bicyclic) bond motifs is 1. The van der Waals surface area contributed by atoms with Gasteiger partial charge < -0.3 is 9.47 Å². The van der Waals surface area contributed by atoms with Gasteiger partial charge in [0.1, 0.15) is 18.1 Å². The molecule has 2 heterocycles. The second-order valence-corrected chi connectivity index (χ2v) is 5.73. The van der Waals surface area contributed by atoms with Crippen LogP contribution >= 0.6 is 0 Å². The first-order valence-corrected chi connectivity index (χ1v) is 8.83. The summed E-state index contributed by atoms with van der Waals surface area (Å²) in [6, 6.07) is 6.48. The van der Waals surface area contributed by atoms with Crippen LogP contribution in [0.2, 0.25) is 0 Å². The van der Waals surface area contributed by atoms with Crippen molar-refractivity contribution < 1.29 is 14.3 Å². The average molecular weight is 371 g/mol. The van der Waals surface area contributed by atoms with Gasteiger partial charge in [0.2, 0.25) is 0 Å². The van der Waals surface area contributed by atoms with Crippen LogP contribution in [0.3, 0.4) is 0 Å². The van der Waals surface area contributed by atoms with Gasteiger partial charge >= 0.3 is 5.97 Å². The molecule has 0 spiro atoms. The number of nitrogens with zero attached hydrogens (tertiary/aromatic N) is 5. The van der Waals surface area contributed by atoms with E-state index >= 15 is 0 Å². The van der Waals surface area contributed by atoms with Gasteiger partial charge in [0, 0.05) is 0 Å². The molecule has 3 rings (SSSR count). The number of ether oxygens (including phenoxy) is 2. The number of hydrogen-bond acceptors (Lipinski definition) is 7. The van der Waals surface area contributed by atoms with Crippen LogP contribution in [0.25, 0.3) is 16.9 Å². The Balaban J connectivity index is 2.02. The predicted octanol–water partition coefficient (Wildman–Crippen LogP) is 1.89. The van der Waals surface area contributed by atoms with Crippen molar-refractivity contribution in [1.82, 2.24) is 24.5 Å². The van der Waals surface area contributed by atoms with Crippen molar-refractivity contribution >= 4 is 17.1 Å². The van der Waals surface area contributed by atoms with Crippen LogP contribution in [-0.4, -0.2) is 43.7 Å². The Bertz CT molecular complexity index is 993. The predicted molar refractivity (Wildman–Crippen MR) is 98.1 cm³/mol. The average Bonchev–Trinajstić information content (AvgIpc) is 3.10. The molecule has 0 saturated carbocycles. The molecule has 142 valence electrons. The van der Waals surface area contributed by atoms with E-state index in [0.717, 1.165) is 5.75 Å². The molecule has 0 fully saturated rings. The van der Waals surface area contributed by atoms with Gasteiger partial charge in [0.15, 0.2) is 11.2 Å². The molecule has 0 radical (unpaired) electrons. The smallest absolute Gasteiger partial charge is 0.329 e. The summed E-state index contributed by atoms with van der Waals surface area (Å²) in [6.45, 7) is 6.25. The Kier molecular flexibility index (Phi) is 5.49. The summed E-state index contributed by atoms with van der Waals surface area (Å²) in [5.74, 6) is 0.267. The molecule has 0 bridgehead atoms. The minimum atomic E-state index is -0.745. The van der Waals surface area contributed by atoms with Crippen molar-refractivity contribution in [2.45, 2.75) is 33.2 Å². The van der Waals surface area contributed by atoms with E-state index < -0.39 is 17.6 Å². The van der Waals surface area contributed by atoms with E-state index in [0.29, 0.717) is 24.4 Å². The van der Waals surface area contributed by atoms with Gasteiger partial charge in [-0.25, -0.2) is 9.78 Å². The minimum Gasteiger partial charge on any atom is -0.494 e. The van der Waals surface area contributed by atoms with Crippen LogP contribution < -0.4 is 10.3 Å². The number of esters is 1. The quantitative estimate of drug-likeness (QED) is 0.585. The highest BCUT2D eigenvalue weighted by Gasteiger charge is 2.23. The van der Waals surface area contributed by atoms with Crippen LogP contribution in [0.5, 0.6) is 5.75 Å². The zero-order valence-electron chi connectivity index (χ0n) is 15.5. The second-order valence-electron chi connectivity index (χ2n) is 5.73. The maximum absolute atomic E-state index is 12.8. The third kappa shape index (κ3) is 3.53. The highest BCUT2D eigenvalue weighted by molar-refractivity contribution is 5.75. The molecule has 0 aliphatic heterocycles. The van der Waals surface area contributed by atoms with Crippen molar-refractivity contribution in [2.24, 2.45) is 0 Å². The Morgan fingerprint density at radius 2 is 1.89 bits per heavy atom. The highest BCUT2D eigenvalue weighted by atomic mass is 16.5. The summed E-state index contributed by atoms with van der Waals surface area (Å²) in [6.07, 6.45) is 1.74. The molecular formula is C18H21N5O4. The van der Waals surface area contributed by atoms with E-state index in [-0.39, 0.29) is 12.1 Å². The molecule has 0 N–H and O–H groups in total. The van der Waals surface area contributed by atoms with E-state index in [9.17, 15) is 9.59 Å². The van der Waals surface area contributed by atoms with Gasteiger partial charge in [-0.05, 0) is 44.5 Å². The lowest BCUT2D eigenvalue weighted by Crippen LogP contribution is -2.31. The van der Waals surface area contributed by atoms with E-state index in [1.807, 2.05) is 6.92 Å². The summed E-state index contributed by atoms with van der Waals surface area (Å²) >= 11 is 0. The first-order valence-electron chi connectivity index (χ1n) is 8.83. The number of aromatic nitrogens is 5. The summed E-state index contributed by atoms with van der Waals surface area (Å²) in [4.78, 5) is 29.2. The zero-order valence-corrected chi connectivity index (χ0v) is 15.5. The van der Waals surface area contributed by atoms with Crippen molar-refractivity contribution in [3.63, 3.8) is 0 Å². The lowest BCUT2D eigenvalue weighted by molar-refractivity contribution is -0.147. The van der Waals surface area contributed by atoms with E-state index in [1.165, 1.54) is 15.6 Å². The number of carbonyl (C=O) groups is 1. The molecule has 0 aliphatic rings. The molecule has 0 amide bonds. The Morgan fingerprint density at radius 3 is 2.52 bits per heavy atom. The van der Waals surface area contributed by atoms with Gasteiger partial charge in [0.25, 0.3) is 5.56 Å². The maximum Gasteiger partial charge on any atom is 0.329 e. The van der Waals surface area contributed by atoms with Gasteiger partial charge in [0.05, 0.1) is 18.9 Å². The van der Waals surface area contributed by atoms with Gasteiger partial charge in [-0.15, -0.1) is 5.10 Å². The number of rotatable bonds is 7. The Morgan fingerprint density at radius 1 is 1.15 bits per heavy atom. The Hall–Kier alpha value is -3.23. The first-order chi connectivity index (χ1) is 13.1. The lowest BCUT2D eigenvalue weighted by atomic mass is 10.2. The van der Waals surface area contributed by atoms with Crippen LogP contribution in [0.1, 0.15) is 33.2 Å². The molecule has 9 nitrogen and oxygen atoms in total. The van der Waals surface area contributed by atoms with Crippen LogP contribution in [0, 0.1) is 0 Å². The number of carbonyl (C=O) groups excluding carboxylic acids is 1. The largest absolute Gasteiger partial charge is 0.494 e. The van der Waals surface area contributed by atoms with Gasteiger partial charge in [-0.2, -0.15) is 4.68 Å². The molecule has 2 aromatic heterocycles. The molecule has 9 heteroatoms. The standard InChI is InChI=1S/C18H21N5O4/c1-4-14(18(25)27-6-3)22-11-19-16-15(17(22)24)20-21-23(16)12-7-9-13(10-8-12)26-5-2/h7-11,14H,4-6H2,1-3H3. The van der Waals surface area contributed by atoms with Crippen molar-refractivity contribution in [3.8, 4) is 11.4 Å². The third-order valence-electron chi connectivity index (χ3n) is 4.06. The summed E-state index contributed by atoms with van der Waals surface area (Å²) < 4.78 is 13.2. The van der Waals surface area contributed by atoms with Crippen molar-refractivity contribution in [2.75, 3.05) is 13.2 Å². The van der Waals surface area contributed by atoms with Crippen molar-refractivity contribution in [1.29, 1.82) is 0 Å². The van der Waals surface area contributed by atoms with Gasteiger partial charge in [-0.3, -0.25) is 9.36 Å². The number of benzene rings is 1. The van der Waals surface area contributed by atoms with Crippen LogP contribution in [0.15, 0.2) is 35.4 Å². The second kappa shape index (κ2) is 7.98. The molecule has 27 heavy (non-hydrogen) atoms. The van der Waals surface area contributed by atoms with Crippen LogP contribution in [-0.2, 0) is 9.53 Å². The fourth-order valence-corrected chi connectivity index (χ4v) is 2.78. The van der Waals surface area contributed by atoms with Crippen LogP contribution in [0.4, 0.5) is 0 Å². The van der Waals surface area contributed by atoms with E-state index in [1.54, 1.807) is 38.1 Å².